The van der Waals surface area contributed by atoms with Gasteiger partial charge in [0.1, 0.15) is 0 Å². The minimum Gasteiger partial charge on any atom is -0.295 e. The summed E-state index contributed by atoms with van der Waals surface area (Å²) in [7, 11) is 0. The van der Waals surface area contributed by atoms with Crippen molar-refractivity contribution in [3.05, 3.63) is 42.0 Å². The minimum absolute atomic E-state index is 0.693. The van der Waals surface area contributed by atoms with Gasteiger partial charge in [0, 0.05) is 13.1 Å². The van der Waals surface area contributed by atoms with Crippen LogP contribution in [0.1, 0.15) is 12.5 Å². The number of rotatable bonds is 2. The molecule has 0 fully saturated rings. The Bertz CT molecular complexity index is 318. The van der Waals surface area contributed by atoms with Gasteiger partial charge in [0.2, 0.25) is 0 Å². The molecule has 0 atom stereocenters. The zero-order valence-corrected chi connectivity index (χ0v) is 8.44. The van der Waals surface area contributed by atoms with Gasteiger partial charge in [-0.3, -0.25) is 4.84 Å². The third kappa shape index (κ3) is 2.03. The second-order valence-electron chi connectivity index (χ2n) is 3.35. The third-order valence-corrected chi connectivity index (χ3v) is 2.43. The molecular weight excluding hydrogens is 174 g/mol. The van der Waals surface area contributed by atoms with Crippen LogP contribution < -0.4 is 0 Å². The predicted molar refractivity (Wildman–Crippen MR) is 57.6 cm³/mol. The molecule has 1 aliphatic heterocycles. The van der Waals surface area contributed by atoms with Crippen LogP contribution in [0, 0.1) is 0 Å². The molecule has 0 aromatic heterocycles. The van der Waals surface area contributed by atoms with Crippen LogP contribution in [0.4, 0.5) is 0 Å². The van der Waals surface area contributed by atoms with Crippen LogP contribution in [0.15, 0.2) is 36.4 Å². The first-order chi connectivity index (χ1) is 6.90. The molecule has 74 valence electrons. The van der Waals surface area contributed by atoms with E-state index >= 15 is 0 Å². The van der Waals surface area contributed by atoms with Crippen LogP contribution >= 0.6 is 0 Å². The van der Waals surface area contributed by atoms with Gasteiger partial charge in [-0.05, 0) is 11.1 Å². The number of hydrogen-bond donors (Lipinski definition) is 0. The zero-order chi connectivity index (χ0) is 9.80. The summed E-state index contributed by atoms with van der Waals surface area (Å²) in [5.74, 6) is 0. The van der Waals surface area contributed by atoms with Crippen LogP contribution in [0.25, 0.3) is 5.57 Å². The van der Waals surface area contributed by atoms with Crippen LogP contribution in [-0.2, 0) is 4.84 Å². The van der Waals surface area contributed by atoms with E-state index in [4.69, 9.17) is 4.84 Å². The Labute approximate surface area is 84.8 Å². The van der Waals surface area contributed by atoms with Crippen LogP contribution in [0.5, 0.6) is 0 Å². The number of likely N-dealkylation sites (N-methyl/N-ethyl adjacent to an activating group) is 1. The molecule has 0 N–H and O–H groups in total. The van der Waals surface area contributed by atoms with Crippen molar-refractivity contribution >= 4 is 5.57 Å². The van der Waals surface area contributed by atoms with Crippen LogP contribution in [0.3, 0.4) is 0 Å². The van der Waals surface area contributed by atoms with Gasteiger partial charge in [0.25, 0.3) is 0 Å². The van der Waals surface area contributed by atoms with Crippen molar-refractivity contribution in [2.75, 3.05) is 19.7 Å². The molecule has 1 heterocycles. The highest BCUT2D eigenvalue weighted by molar-refractivity contribution is 5.67. The van der Waals surface area contributed by atoms with Gasteiger partial charge in [-0.1, -0.05) is 43.3 Å². The first-order valence-electron chi connectivity index (χ1n) is 5.02. The summed E-state index contributed by atoms with van der Waals surface area (Å²) >= 11 is 0. The normalized spacial score (nSPS) is 17.9. The molecule has 0 spiro atoms. The molecule has 2 nitrogen and oxygen atoms in total. The average Bonchev–Trinajstić information content (AvgIpc) is 2.30. The largest absolute Gasteiger partial charge is 0.295 e. The maximum absolute atomic E-state index is 5.44. The lowest BCUT2D eigenvalue weighted by Crippen LogP contribution is -2.29. The Kier molecular flexibility index (Phi) is 2.96. The lowest BCUT2D eigenvalue weighted by atomic mass is 10.1. The van der Waals surface area contributed by atoms with E-state index in [-0.39, 0.29) is 0 Å². The first-order valence-corrected chi connectivity index (χ1v) is 5.02. The molecule has 14 heavy (non-hydrogen) atoms. The van der Waals surface area contributed by atoms with Gasteiger partial charge in [-0.25, -0.2) is 0 Å². The van der Waals surface area contributed by atoms with Gasteiger partial charge in [0.15, 0.2) is 0 Å². The molecule has 0 bridgehead atoms. The Hall–Kier alpha value is -1.12. The molecule has 0 saturated heterocycles. The zero-order valence-electron chi connectivity index (χ0n) is 8.44. The van der Waals surface area contributed by atoms with Gasteiger partial charge in [-0.15, -0.1) is 0 Å². The molecule has 0 saturated carbocycles. The highest BCUT2D eigenvalue weighted by Crippen LogP contribution is 2.18. The Morgan fingerprint density at radius 1 is 1.29 bits per heavy atom. The van der Waals surface area contributed by atoms with Crippen molar-refractivity contribution in [3.63, 3.8) is 0 Å². The molecular formula is C12H15NO. The predicted octanol–water partition coefficient (Wildman–Crippen LogP) is 2.34. The third-order valence-electron chi connectivity index (χ3n) is 2.43. The Balaban J connectivity index is 2.16. The molecule has 0 aliphatic carbocycles. The van der Waals surface area contributed by atoms with Crippen molar-refractivity contribution in [1.29, 1.82) is 0 Å². The maximum Gasteiger partial charge on any atom is 0.0873 e. The standard InChI is InChI=1S/C12H15NO/c1-2-13-10-12(8-9-14-13)11-6-4-3-5-7-11/h3-8H,2,9-10H2,1H3. The Morgan fingerprint density at radius 3 is 2.79 bits per heavy atom. The molecule has 1 aromatic rings. The number of hydrogen-bond acceptors (Lipinski definition) is 2. The maximum atomic E-state index is 5.44. The van der Waals surface area contributed by atoms with E-state index in [9.17, 15) is 0 Å². The van der Waals surface area contributed by atoms with Gasteiger partial charge in [0.05, 0.1) is 6.61 Å². The van der Waals surface area contributed by atoms with Crippen LogP contribution in [-0.4, -0.2) is 24.8 Å². The van der Waals surface area contributed by atoms with E-state index in [0.717, 1.165) is 13.1 Å². The Morgan fingerprint density at radius 2 is 2.07 bits per heavy atom. The van der Waals surface area contributed by atoms with Crippen molar-refractivity contribution in [2.45, 2.75) is 6.92 Å². The first kappa shape index (κ1) is 9.44. The lowest BCUT2D eigenvalue weighted by molar-refractivity contribution is -0.140. The number of benzene rings is 1. The fourth-order valence-electron chi connectivity index (χ4n) is 1.61. The van der Waals surface area contributed by atoms with E-state index in [0.29, 0.717) is 6.61 Å². The smallest absolute Gasteiger partial charge is 0.0873 e. The summed E-state index contributed by atoms with van der Waals surface area (Å²) in [5, 5.41) is 1.99. The average molecular weight is 189 g/mol. The molecule has 0 unspecified atom stereocenters. The molecule has 1 aliphatic rings. The summed E-state index contributed by atoms with van der Waals surface area (Å²) in [6, 6.07) is 10.5. The van der Waals surface area contributed by atoms with Crippen molar-refractivity contribution < 1.29 is 4.84 Å². The minimum atomic E-state index is 0.693. The second kappa shape index (κ2) is 4.40. The summed E-state index contributed by atoms with van der Waals surface area (Å²) in [5.41, 5.74) is 2.66. The van der Waals surface area contributed by atoms with Crippen molar-refractivity contribution in [1.82, 2.24) is 5.06 Å². The van der Waals surface area contributed by atoms with E-state index < -0.39 is 0 Å². The molecule has 2 rings (SSSR count). The van der Waals surface area contributed by atoms with Gasteiger partial charge >= 0.3 is 0 Å². The molecule has 0 radical (unpaired) electrons. The second-order valence-corrected chi connectivity index (χ2v) is 3.35. The van der Waals surface area contributed by atoms with E-state index in [2.05, 4.69) is 37.3 Å². The summed E-state index contributed by atoms with van der Waals surface area (Å²) in [6.45, 7) is 4.62. The lowest BCUT2D eigenvalue weighted by Gasteiger charge is -2.25. The monoisotopic (exact) mass is 189 g/mol. The van der Waals surface area contributed by atoms with Gasteiger partial charge in [-0.2, -0.15) is 5.06 Å². The number of nitrogens with zero attached hydrogens (tertiary/aromatic N) is 1. The van der Waals surface area contributed by atoms with Crippen LogP contribution in [0.2, 0.25) is 0 Å². The SMILES string of the molecule is CCN1CC(c2ccccc2)=CCO1. The molecule has 2 heteroatoms. The fourth-order valence-corrected chi connectivity index (χ4v) is 1.61. The van der Waals surface area contributed by atoms with E-state index in [1.807, 2.05) is 11.1 Å². The summed E-state index contributed by atoms with van der Waals surface area (Å²) in [6.07, 6.45) is 2.15. The van der Waals surface area contributed by atoms with Gasteiger partial charge < -0.3 is 0 Å². The topological polar surface area (TPSA) is 12.5 Å². The fraction of sp³-hybridized carbons (Fsp3) is 0.333. The summed E-state index contributed by atoms with van der Waals surface area (Å²) in [4.78, 5) is 5.44. The van der Waals surface area contributed by atoms with Crippen molar-refractivity contribution in [2.24, 2.45) is 0 Å². The van der Waals surface area contributed by atoms with E-state index in [1.54, 1.807) is 0 Å². The highest BCUT2D eigenvalue weighted by Gasteiger charge is 2.12. The summed E-state index contributed by atoms with van der Waals surface area (Å²) < 4.78 is 0. The van der Waals surface area contributed by atoms with E-state index in [1.165, 1.54) is 11.1 Å². The highest BCUT2D eigenvalue weighted by atomic mass is 16.7. The number of hydroxylamine groups is 2. The molecule has 0 amide bonds. The molecule has 1 aromatic carbocycles. The quantitative estimate of drug-likeness (QED) is 0.708. The van der Waals surface area contributed by atoms with Crippen molar-refractivity contribution in [3.8, 4) is 0 Å².